The molecule has 1 aromatic carbocycles. The first kappa shape index (κ1) is 15.9. The van der Waals surface area contributed by atoms with E-state index in [1.165, 1.54) is 17.5 Å². The van der Waals surface area contributed by atoms with Crippen molar-refractivity contribution in [3.63, 3.8) is 0 Å². The van der Waals surface area contributed by atoms with Gasteiger partial charge in [0.25, 0.3) is 0 Å². The summed E-state index contributed by atoms with van der Waals surface area (Å²) in [5, 5.41) is 3.19. The molecule has 1 aliphatic carbocycles. The highest BCUT2D eigenvalue weighted by Crippen LogP contribution is 2.60. The van der Waals surface area contributed by atoms with E-state index in [-0.39, 0.29) is 11.3 Å². The van der Waals surface area contributed by atoms with Crippen molar-refractivity contribution < 1.29 is 4.79 Å². The molecule has 24 heavy (non-hydrogen) atoms. The third kappa shape index (κ3) is 1.79. The average Bonchev–Trinajstić information content (AvgIpc) is 2.83. The highest BCUT2D eigenvalue weighted by Gasteiger charge is 2.61. The number of benzene rings is 1. The smallest absolute Gasteiger partial charge is 0.236 e. The maximum atomic E-state index is 13.2. The van der Waals surface area contributed by atoms with Crippen LogP contribution in [0.3, 0.4) is 0 Å². The van der Waals surface area contributed by atoms with Crippen LogP contribution in [0, 0.1) is 11.3 Å². The van der Waals surface area contributed by atoms with E-state index < -0.39 is 5.41 Å². The zero-order valence-corrected chi connectivity index (χ0v) is 15.2. The van der Waals surface area contributed by atoms with E-state index in [2.05, 4.69) is 62.8 Å². The molecule has 2 heterocycles. The lowest BCUT2D eigenvalue weighted by atomic mass is 9.53. The van der Waals surface area contributed by atoms with Crippen LogP contribution in [0.25, 0.3) is 0 Å². The van der Waals surface area contributed by atoms with Crippen LogP contribution in [0.1, 0.15) is 50.7 Å². The molecule has 3 aliphatic rings. The fraction of sp³-hybridized carbons (Fsp3) is 0.571. The standard InChI is InChI=1S/C21H28N2O/c1-6-20(3,4)21-11-17-15(10-13(2)12-23(17)5)14-8-7-9-16(18(14)21)22-19(21)24/h6-9,13,15,17H,1,10-12H2,2-5H3,(H,22,24)/t13-,15-,17-,21+/m1/s1. The van der Waals surface area contributed by atoms with Crippen LogP contribution >= 0.6 is 0 Å². The topological polar surface area (TPSA) is 32.3 Å². The molecular weight excluding hydrogens is 296 g/mol. The van der Waals surface area contributed by atoms with Gasteiger partial charge in [-0.3, -0.25) is 4.79 Å². The summed E-state index contributed by atoms with van der Waals surface area (Å²) in [6.07, 6.45) is 4.07. The Morgan fingerprint density at radius 2 is 2.17 bits per heavy atom. The summed E-state index contributed by atoms with van der Waals surface area (Å²) in [5.41, 5.74) is 2.87. The normalized spacial score (nSPS) is 35.2. The van der Waals surface area contributed by atoms with E-state index in [1.54, 1.807) is 0 Å². The molecule has 0 saturated carbocycles. The van der Waals surface area contributed by atoms with Gasteiger partial charge >= 0.3 is 0 Å². The predicted molar refractivity (Wildman–Crippen MR) is 98.3 cm³/mol. The van der Waals surface area contributed by atoms with Gasteiger partial charge in [0.05, 0.1) is 5.41 Å². The largest absolute Gasteiger partial charge is 0.325 e. The molecule has 0 spiro atoms. The van der Waals surface area contributed by atoms with Crippen LogP contribution in [0.5, 0.6) is 0 Å². The van der Waals surface area contributed by atoms with Gasteiger partial charge in [0.2, 0.25) is 5.91 Å². The van der Waals surface area contributed by atoms with Gasteiger partial charge in [0.1, 0.15) is 0 Å². The number of rotatable bonds is 2. The van der Waals surface area contributed by atoms with Gasteiger partial charge in [-0.15, -0.1) is 6.58 Å². The Balaban J connectivity index is 1.99. The van der Waals surface area contributed by atoms with Crippen molar-refractivity contribution in [2.45, 2.75) is 51.0 Å². The van der Waals surface area contributed by atoms with Crippen molar-refractivity contribution in [2.24, 2.45) is 11.3 Å². The number of anilines is 1. The van der Waals surface area contributed by atoms with Crippen LogP contribution in [0.15, 0.2) is 30.9 Å². The number of hydrogen-bond donors (Lipinski definition) is 1. The fourth-order valence-corrected chi connectivity index (χ4v) is 5.59. The van der Waals surface area contributed by atoms with E-state index in [4.69, 9.17) is 0 Å². The van der Waals surface area contributed by atoms with Crippen molar-refractivity contribution >= 4 is 11.6 Å². The van der Waals surface area contributed by atoms with Crippen LogP contribution < -0.4 is 5.32 Å². The Hall–Kier alpha value is -1.61. The number of nitrogens with zero attached hydrogens (tertiary/aromatic N) is 1. The maximum absolute atomic E-state index is 13.2. The molecule has 3 heteroatoms. The lowest BCUT2D eigenvalue weighted by Crippen LogP contribution is -2.57. The Morgan fingerprint density at radius 1 is 1.42 bits per heavy atom. The fourth-order valence-electron chi connectivity index (χ4n) is 5.59. The molecule has 3 nitrogen and oxygen atoms in total. The van der Waals surface area contributed by atoms with Crippen molar-refractivity contribution in [3.8, 4) is 0 Å². The molecule has 2 aliphatic heterocycles. The number of likely N-dealkylation sites (N-methyl/N-ethyl adjacent to an activating group) is 1. The molecule has 0 bridgehead atoms. The zero-order chi connectivity index (χ0) is 17.3. The van der Waals surface area contributed by atoms with Gasteiger partial charge in [-0.2, -0.15) is 0 Å². The second-order valence-corrected chi connectivity index (χ2v) is 8.71. The summed E-state index contributed by atoms with van der Waals surface area (Å²) >= 11 is 0. The number of nitrogens with one attached hydrogen (secondary N) is 1. The molecule has 0 radical (unpaired) electrons. The summed E-state index contributed by atoms with van der Waals surface area (Å²) in [5.74, 6) is 1.37. The molecule has 4 rings (SSSR count). The minimum absolute atomic E-state index is 0.153. The van der Waals surface area contributed by atoms with Crippen molar-refractivity contribution in [1.29, 1.82) is 0 Å². The molecular formula is C21H28N2O. The van der Waals surface area contributed by atoms with Crippen LogP contribution in [-0.2, 0) is 10.2 Å². The number of carbonyl (C=O) groups excluding carboxylic acids is 1. The minimum Gasteiger partial charge on any atom is -0.325 e. The van der Waals surface area contributed by atoms with Crippen LogP contribution in [0.2, 0.25) is 0 Å². The van der Waals surface area contributed by atoms with Crippen LogP contribution in [-0.4, -0.2) is 30.4 Å². The van der Waals surface area contributed by atoms with Gasteiger partial charge in [-0.05, 0) is 43.0 Å². The first-order valence-corrected chi connectivity index (χ1v) is 9.10. The van der Waals surface area contributed by atoms with E-state index in [0.717, 1.165) is 18.7 Å². The van der Waals surface area contributed by atoms with E-state index in [1.807, 2.05) is 6.08 Å². The molecule has 0 aromatic heterocycles. The monoisotopic (exact) mass is 324 g/mol. The van der Waals surface area contributed by atoms with Gasteiger partial charge < -0.3 is 10.2 Å². The summed E-state index contributed by atoms with van der Waals surface area (Å²) < 4.78 is 0. The average molecular weight is 324 g/mol. The van der Waals surface area contributed by atoms with Crippen molar-refractivity contribution in [2.75, 3.05) is 18.9 Å². The first-order chi connectivity index (χ1) is 11.3. The highest BCUT2D eigenvalue weighted by atomic mass is 16.2. The molecule has 4 atom stereocenters. The van der Waals surface area contributed by atoms with Crippen molar-refractivity contribution in [1.82, 2.24) is 4.90 Å². The lowest BCUT2D eigenvalue weighted by Gasteiger charge is -2.53. The van der Waals surface area contributed by atoms with Gasteiger partial charge in [-0.1, -0.05) is 39.0 Å². The second-order valence-electron chi connectivity index (χ2n) is 8.71. The van der Waals surface area contributed by atoms with E-state index >= 15 is 0 Å². The number of allylic oxidation sites excluding steroid dienone is 1. The summed E-state index contributed by atoms with van der Waals surface area (Å²) in [7, 11) is 2.23. The van der Waals surface area contributed by atoms with Gasteiger partial charge in [-0.25, -0.2) is 0 Å². The molecule has 0 unspecified atom stereocenters. The number of carbonyl (C=O) groups is 1. The van der Waals surface area contributed by atoms with E-state index in [0.29, 0.717) is 17.9 Å². The molecule has 1 saturated heterocycles. The van der Waals surface area contributed by atoms with Gasteiger partial charge in [0, 0.05) is 29.6 Å². The number of piperidine rings is 1. The molecule has 128 valence electrons. The minimum atomic E-state index is -0.503. The van der Waals surface area contributed by atoms with Crippen LogP contribution in [0.4, 0.5) is 5.69 Å². The molecule has 1 amide bonds. The number of hydrogen-bond acceptors (Lipinski definition) is 2. The molecule has 1 N–H and O–H groups in total. The number of likely N-dealkylation sites (tertiary alicyclic amines) is 1. The highest BCUT2D eigenvalue weighted by molar-refractivity contribution is 6.08. The Labute approximate surface area is 145 Å². The predicted octanol–water partition coefficient (Wildman–Crippen LogP) is 3.92. The summed E-state index contributed by atoms with van der Waals surface area (Å²) in [6.45, 7) is 11.9. The quantitative estimate of drug-likeness (QED) is 0.836. The Bertz CT molecular complexity index is 723. The molecule has 1 aromatic rings. The third-order valence-electron chi connectivity index (χ3n) is 6.97. The maximum Gasteiger partial charge on any atom is 0.236 e. The number of fused-ring (bicyclic) bond motifs is 2. The van der Waals surface area contributed by atoms with Crippen molar-refractivity contribution in [3.05, 3.63) is 42.0 Å². The Kier molecular flexibility index (Phi) is 3.28. The SMILES string of the molecule is C=CC(C)(C)[C@@]12C[C@@H]3[C@H](C[C@@H](C)CN3C)c3cccc(c31)NC2=O. The summed E-state index contributed by atoms with van der Waals surface area (Å²) in [6, 6.07) is 6.85. The zero-order valence-electron chi connectivity index (χ0n) is 15.2. The van der Waals surface area contributed by atoms with E-state index in [9.17, 15) is 4.79 Å². The number of amides is 1. The lowest BCUT2D eigenvalue weighted by molar-refractivity contribution is -0.126. The molecule has 1 fully saturated rings. The second kappa shape index (κ2) is 4.95. The van der Waals surface area contributed by atoms with Gasteiger partial charge in [0.15, 0.2) is 0 Å². The first-order valence-electron chi connectivity index (χ1n) is 9.10. The summed E-state index contributed by atoms with van der Waals surface area (Å²) in [4.78, 5) is 15.7. The third-order valence-corrected chi connectivity index (χ3v) is 6.97. The Morgan fingerprint density at radius 3 is 2.88 bits per heavy atom.